The monoisotopic (exact) mass is 488 g/mol. The molecule has 1 radical (unpaired) electrons. The zero-order valence-corrected chi connectivity index (χ0v) is 22.1. The maximum Gasteiger partial charge on any atom is 0.193 e. The second-order valence-electron chi connectivity index (χ2n) is 10.7. The normalized spacial score (nSPS) is 12.1. The van der Waals surface area contributed by atoms with E-state index in [2.05, 4.69) is 123 Å². The highest BCUT2D eigenvalue weighted by molar-refractivity contribution is 6.71. The highest BCUT2D eigenvalue weighted by atomic mass is 14.7. The molecule has 7 rings (SSSR count). The first-order valence-electron chi connectivity index (χ1n) is 13.9. The molecule has 1 aromatic heterocycles. The van der Waals surface area contributed by atoms with Gasteiger partial charge >= 0.3 is 0 Å². The average Bonchev–Trinajstić information content (AvgIpc) is 3.34. The highest BCUT2D eigenvalue weighted by Crippen LogP contribution is 2.38. The number of rotatable bonds is 5. The molecule has 0 saturated heterocycles. The molecule has 2 heteroatoms. The quantitative estimate of drug-likeness (QED) is 0.185. The number of fused-ring (bicyclic) bond motifs is 9. The van der Waals surface area contributed by atoms with Crippen LogP contribution in [0, 0.1) is 6.92 Å². The van der Waals surface area contributed by atoms with Gasteiger partial charge < -0.3 is 4.98 Å². The van der Waals surface area contributed by atoms with E-state index in [0.717, 1.165) is 6.42 Å². The molecule has 1 aliphatic heterocycles. The number of para-hydroxylation sites is 2. The lowest BCUT2D eigenvalue weighted by molar-refractivity contribution is 0.718. The summed E-state index contributed by atoms with van der Waals surface area (Å²) in [6.45, 7) is 4.55. The van der Waals surface area contributed by atoms with Gasteiger partial charge in [0.25, 0.3) is 0 Å². The van der Waals surface area contributed by atoms with E-state index in [0.29, 0.717) is 0 Å². The highest BCUT2D eigenvalue weighted by Gasteiger charge is 2.23. The van der Waals surface area contributed by atoms with Crippen molar-refractivity contribution in [3.63, 3.8) is 0 Å². The summed E-state index contributed by atoms with van der Waals surface area (Å²) in [4.78, 5) is 3.77. The van der Waals surface area contributed by atoms with E-state index in [-0.39, 0.29) is 0 Å². The smallest absolute Gasteiger partial charge is 0.193 e. The SMILES string of the molecule is CCCCCc1cc2c(c(-c3cccc4c3[nH]c3ccccc34)c1)[B]c1cccc(c1C)-c1ccccc1-2. The Hall–Kier alpha value is -4.04. The van der Waals surface area contributed by atoms with Crippen molar-refractivity contribution in [3.05, 3.63) is 108 Å². The summed E-state index contributed by atoms with van der Waals surface area (Å²) < 4.78 is 0. The van der Waals surface area contributed by atoms with Gasteiger partial charge in [-0.25, -0.2) is 0 Å². The Labute approximate surface area is 225 Å². The molecule has 1 nitrogen and oxygen atoms in total. The Morgan fingerprint density at radius 1 is 0.632 bits per heavy atom. The zero-order valence-electron chi connectivity index (χ0n) is 22.1. The van der Waals surface area contributed by atoms with Crippen LogP contribution in [0.15, 0.2) is 97.1 Å². The summed E-state index contributed by atoms with van der Waals surface area (Å²) >= 11 is 0. The van der Waals surface area contributed by atoms with Gasteiger partial charge in [0.2, 0.25) is 0 Å². The van der Waals surface area contributed by atoms with E-state index in [4.69, 9.17) is 0 Å². The van der Waals surface area contributed by atoms with Crippen LogP contribution in [0.25, 0.3) is 55.2 Å². The van der Waals surface area contributed by atoms with Gasteiger partial charge in [-0.1, -0.05) is 122 Å². The summed E-state index contributed by atoms with van der Waals surface area (Å²) in [6.07, 6.45) is 4.81. The van der Waals surface area contributed by atoms with Crippen LogP contribution >= 0.6 is 0 Å². The van der Waals surface area contributed by atoms with Crippen molar-refractivity contribution in [3.8, 4) is 33.4 Å². The van der Waals surface area contributed by atoms with Crippen molar-refractivity contribution in [2.24, 2.45) is 0 Å². The van der Waals surface area contributed by atoms with Gasteiger partial charge in [-0.05, 0) is 64.8 Å². The Balaban J connectivity index is 1.55. The standard InChI is InChI=1S/C36H31BN/c1-3-4-5-12-24-21-31-27-14-7-6-13-26(27)25-16-11-19-33(23(25)2)37-35(31)32(22-24)30-18-10-17-29-28-15-8-9-20-34(28)38-36(29)30/h6-11,13-22,38H,3-5,12H2,1-2H3. The second kappa shape index (κ2) is 9.37. The maximum absolute atomic E-state index is 3.77. The van der Waals surface area contributed by atoms with Crippen LogP contribution in [0.3, 0.4) is 0 Å². The summed E-state index contributed by atoms with van der Waals surface area (Å²) in [7, 11) is 2.43. The van der Waals surface area contributed by atoms with E-state index in [1.54, 1.807) is 0 Å². The molecule has 0 amide bonds. The Morgan fingerprint density at radius 3 is 2.13 bits per heavy atom. The van der Waals surface area contributed by atoms with Gasteiger partial charge in [0.15, 0.2) is 7.28 Å². The van der Waals surface area contributed by atoms with Crippen molar-refractivity contribution < 1.29 is 0 Å². The lowest BCUT2D eigenvalue weighted by Crippen LogP contribution is -2.33. The fourth-order valence-corrected chi connectivity index (χ4v) is 6.35. The molecular weight excluding hydrogens is 457 g/mol. The molecule has 183 valence electrons. The lowest BCUT2D eigenvalue weighted by Gasteiger charge is -2.24. The van der Waals surface area contributed by atoms with Crippen LogP contribution in [-0.4, -0.2) is 12.3 Å². The van der Waals surface area contributed by atoms with Crippen LogP contribution in [0.5, 0.6) is 0 Å². The third-order valence-electron chi connectivity index (χ3n) is 8.32. The first-order valence-corrected chi connectivity index (χ1v) is 13.9. The predicted octanol–water partition coefficient (Wildman–Crippen LogP) is 8.33. The molecule has 1 N–H and O–H groups in total. The minimum absolute atomic E-state index is 1.10. The number of aryl methyl sites for hydroxylation is 1. The van der Waals surface area contributed by atoms with E-state index in [9.17, 15) is 0 Å². The molecule has 0 saturated carbocycles. The van der Waals surface area contributed by atoms with Crippen LogP contribution in [0.4, 0.5) is 0 Å². The number of benzene rings is 5. The van der Waals surface area contributed by atoms with Crippen molar-refractivity contribution in [1.29, 1.82) is 0 Å². The van der Waals surface area contributed by atoms with Gasteiger partial charge in [0, 0.05) is 21.9 Å². The average molecular weight is 488 g/mol. The second-order valence-corrected chi connectivity index (χ2v) is 10.7. The molecule has 38 heavy (non-hydrogen) atoms. The van der Waals surface area contributed by atoms with Crippen LogP contribution in [-0.2, 0) is 6.42 Å². The Kier molecular flexibility index (Phi) is 5.70. The molecule has 2 heterocycles. The third-order valence-corrected chi connectivity index (χ3v) is 8.32. The third kappa shape index (κ3) is 3.70. The van der Waals surface area contributed by atoms with Gasteiger partial charge in [-0.2, -0.15) is 0 Å². The number of nitrogens with one attached hydrogen (secondary N) is 1. The molecule has 2 bridgehead atoms. The van der Waals surface area contributed by atoms with Crippen molar-refractivity contribution in [2.75, 3.05) is 0 Å². The van der Waals surface area contributed by atoms with E-state index in [1.165, 1.54) is 96.5 Å². The van der Waals surface area contributed by atoms with E-state index in [1.807, 2.05) is 0 Å². The van der Waals surface area contributed by atoms with Crippen LogP contribution in [0.1, 0.15) is 37.3 Å². The molecule has 0 atom stereocenters. The molecule has 6 aromatic rings. The Bertz CT molecular complexity index is 1820. The lowest BCUT2D eigenvalue weighted by atomic mass is 9.56. The maximum atomic E-state index is 3.77. The van der Waals surface area contributed by atoms with Crippen LogP contribution in [0.2, 0.25) is 0 Å². The van der Waals surface area contributed by atoms with Gasteiger partial charge in [0.1, 0.15) is 0 Å². The predicted molar refractivity (Wildman–Crippen MR) is 165 cm³/mol. The summed E-state index contributed by atoms with van der Waals surface area (Å²) in [5.41, 5.74) is 15.7. The van der Waals surface area contributed by atoms with Crippen molar-refractivity contribution in [1.82, 2.24) is 4.98 Å². The minimum Gasteiger partial charge on any atom is -0.354 e. The van der Waals surface area contributed by atoms with E-state index < -0.39 is 0 Å². The summed E-state index contributed by atoms with van der Waals surface area (Å²) in [6, 6.07) is 36.0. The molecule has 0 spiro atoms. The minimum atomic E-state index is 1.10. The first-order chi connectivity index (χ1) is 18.7. The molecule has 0 unspecified atom stereocenters. The fraction of sp³-hybridized carbons (Fsp3) is 0.167. The fourth-order valence-electron chi connectivity index (χ4n) is 6.35. The van der Waals surface area contributed by atoms with E-state index >= 15 is 0 Å². The van der Waals surface area contributed by atoms with Crippen molar-refractivity contribution >= 4 is 40.0 Å². The molecule has 0 aliphatic carbocycles. The number of aromatic amines is 1. The molecule has 0 fully saturated rings. The number of H-pyrrole nitrogens is 1. The van der Waals surface area contributed by atoms with Crippen LogP contribution < -0.4 is 10.9 Å². The first kappa shape index (κ1) is 23.1. The number of hydrogen-bond donors (Lipinski definition) is 1. The Morgan fingerprint density at radius 2 is 1.29 bits per heavy atom. The molecule has 5 aromatic carbocycles. The number of unbranched alkanes of at least 4 members (excludes halogenated alkanes) is 2. The van der Waals surface area contributed by atoms with Gasteiger partial charge in [0.05, 0.1) is 5.52 Å². The van der Waals surface area contributed by atoms with Gasteiger partial charge in [-0.3, -0.25) is 0 Å². The number of aromatic nitrogens is 1. The summed E-state index contributed by atoms with van der Waals surface area (Å²) in [5, 5.41) is 2.57. The van der Waals surface area contributed by atoms with Crippen molar-refractivity contribution in [2.45, 2.75) is 39.5 Å². The van der Waals surface area contributed by atoms with Gasteiger partial charge in [-0.15, -0.1) is 0 Å². The number of hydrogen-bond acceptors (Lipinski definition) is 0. The zero-order chi connectivity index (χ0) is 25.6. The molecule has 1 aliphatic rings. The largest absolute Gasteiger partial charge is 0.354 e. The topological polar surface area (TPSA) is 15.8 Å². The summed E-state index contributed by atoms with van der Waals surface area (Å²) in [5.74, 6) is 0. The molecular formula is C36H31BN.